The van der Waals surface area contributed by atoms with E-state index in [2.05, 4.69) is 10.6 Å². The van der Waals surface area contributed by atoms with Gasteiger partial charge in [0.2, 0.25) is 5.91 Å². The van der Waals surface area contributed by atoms with Gasteiger partial charge in [-0.1, -0.05) is 0 Å². The molecule has 0 aromatic rings. The summed E-state index contributed by atoms with van der Waals surface area (Å²) >= 11 is 0. The second-order valence-corrected chi connectivity index (χ2v) is 2.99. The molecular formula is C8H14N4O5. The van der Waals surface area contributed by atoms with Gasteiger partial charge in [0.05, 0.1) is 6.42 Å². The van der Waals surface area contributed by atoms with Gasteiger partial charge < -0.3 is 21.5 Å². The number of hydrogen-bond donors (Lipinski definition) is 5. The average Bonchev–Trinajstić information content (AvgIpc) is 2.21. The molecule has 9 heteroatoms. The smallest absolute Gasteiger partial charge is 0.321 e. The number of amides is 5. The first-order chi connectivity index (χ1) is 7.91. The minimum atomic E-state index is -1.12. The van der Waals surface area contributed by atoms with Crippen LogP contribution in [0.1, 0.15) is 12.8 Å². The molecule has 17 heavy (non-hydrogen) atoms. The highest BCUT2D eigenvalue weighted by Gasteiger charge is 2.08. The van der Waals surface area contributed by atoms with Crippen LogP contribution in [0.3, 0.4) is 0 Å². The van der Waals surface area contributed by atoms with E-state index >= 15 is 0 Å². The summed E-state index contributed by atoms with van der Waals surface area (Å²) in [6, 6.07) is -1.48. The molecule has 0 aromatic carbocycles. The number of imide groups is 1. The molecule has 0 rings (SSSR count). The fourth-order valence-electron chi connectivity index (χ4n) is 0.816. The molecule has 96 valence electrons. The van der Waals surface area contributed by atoms with Gasteiger partial charge in [0, 0.05) is 19.5 Å². The summed E-state index contributed by atoms with van der Waals surface area (Å²) in [6.45, 7) is 0.229. The number of primary amides is 1. The highest BCUT2D eigenvalue weighted by Crippen LogP contribution is 1.87. The average molecular weight is 246 g/mol. The van der Waals surface area contributed by atoms with E-state index in [9.17, 15) is 19.2 Å². The van der Waals surface area contributed by atoms with E-state index in [4.69, 9.17) is 10.8 Å². The zero-order chi connectivity index (χ0) is 13.3. The summed E-state index contributed by atoms with van der Waals surface area (Å²) in [5, 5.41) is 14.7. The summed E-state index contributed by atoms with van der Waals surface area (Å²) in [5.41, 5.74) is 4.77. The lowest BCUT2D eigenvalue weighted by Crippen LogP contribution is -2.43. The number of nitrogens with one attached hydrogen (secondary N) is 3. The molecule has 0 unspecified atom stereocenters. The molecule has 0 heterocycles. The Bertz CT molecular complexity index is 317. The van der Waals surface area contributed by atoms with Crippen molar-refractivity contribution in [3.8, 4) is 0 Å². The number of carboxylic acids is 1. The van der Waals surface area contributed by atoms with Gasteiger partial charge in [0.1, 0.15) is 0 Å². The Morgan fingerprint density at radius 1 is 1.00 bits per heavy atom. The molecule has 0 aliphatic heterocycles. The first kappa shape index (κ1) is 14.7. The van der Waals surface area contributed by atoms with Crippen molar-refractivity contribution < 1.29 is 24.3 Å². The molecule has 0 spiro atoms. The summed E-state index contributed by atoms with van der Waals surface area (Å²) in [6.07, 6.45) is -0.620. The topological polar surface area (TPSA) is 151 Å². The van der Waals surface area contributed by atoms with Crippen LogP contribution in [-0.4, -0.2) is 42.1 Å². The Morgan fingerprint density at radius 2 is 1.59 bits per heavy atom. The zero-order valence-corrected chi connectivity index (χ0v) is 8.99. The molecule has 0 saturated carbocycles. The van der Waals surface area contributed by atoms with E-state index in [-0.39, 0.29) is 25.9 Å². The molecule has 0 fully saturated rings. The van der Waals surface area contributed by atoms with E-state index in [0.29, 0.717) is 0 Å². The molecule has 6 N–H and O–H groups in total. The highest BCUT2D eigenvalue weighted by molar-refractivity contribution is 5.95. The van der Waals surface area contributed by atoms with Crippen molar-refractivity contribution in [2.45, 2.75) is 12.8 Å². The number of aliphatic carboxylic acids is 1. The van der Waals surface area contributed by atoms with Crippen molar-refractivity contribution in [2.75, 3.05) is 13.1 Å². The maximum absolute atomic E-state index is 11.0. The second-order valence-electron chi connectivity index (χ2n) is 2.99. The van der Waals surface area contributed by atoms with E-state index in [0.717, 1.165) is 0 Å². The third-order valence-corrected chi connectivity index (χ3v) is 1.53. The van der Waals surface area contributed by atoms with E-state index in [1.807, 2.05) is 5.32 Å². The van der Waals surface area contributed by atoms with Gasteiger partial charge in [-0.25, -0.2) is 9.59 Å². The van der Waals surface area contributed by atoms with Crippen molar-refractivity contribution in [1.29, 1.82) is 0 Å². The minimum Gasteiger partial charge on any atom is -0.481 e. The molecular weight excluding hydrogens is 232 g/mol. The van der Waals surface area contributed by atoms with Gasteiger partial charge in [-0.15, -0.1) is 0 Å². The highest BCUT2D eigenvalue weighted by atomic mass is 16.4. The maximum atomic E-state index is 11.0. The maximum Gasteiger partial charge on any atom is 0.321 e. The van der Waals surface area contributed by atoms with Crippen LogP contribution < -0.4 is 21.7 Å². The lowest BCUT2D eigenvalue weighted by atomic mass is 10.3. The number of nitrogens with two attached hydrogens (primary N) is 1. The van der Waals surface area contributed by atoms with Crippen LogP contribution in [0.5, 0.6) is 0 Å². The lowest BCUT2D eigenvalue weighted by molar-refractivity contribution is -0.138. The number of hydrogen-bond acceptors (Lipinski definition) is 4. The first-order valence-corrected chi connectivity index (χ1v) is 4.74. The summed E-state index contributed by atoms with van der Waals surface area (Å²) in [7, 11) is 0. The molecule has 0 aliphatic carbocycles. The fraction of sp³-hybridized carbons (Fsp3) is 0.500. The molecule has 0 atom stereocenters. The van der Waals surface area contributed by atoms with E-state index in [1.54, 1.807) is 0 Å². The summed E-state index contributed by atoms with van der Waals surface area (Å²) in [5.74, 6) is -1.81. The number of carbonyl (C=O) groups is 4. The van der Waals surface area contributed by atoms with Gasteiger partial charge in [-0.2, -0.15) is 0 Å². The van der Waals surface area contributed by atoms with E-state index in [1.165, 1.54) is 0 Å². The van der Waals surface area contributed by atoms with Crippen molar-refractivity contribution in [1.82, 2.24) is 16.0 Å². The quantitative estimate of drug-likeness (QED) is 0.355. The second kappa shape index (κ2) is 7.91. The van der Waals surface area contributed by atoms with Crippen LogP contribution in [0.15, 0.2) is 0 Å². The Kier molecular flexibility index (Phi) is 6.83. The van der Waals surface area contributed by atoms with Gasteiger partial charge in [-0.05, 0) is 0 Å². The van der Waals surface area contributed by atoms with Gasteiger partial charge in [0.25, 0.3) is 0 Å². The van der Waals surface area contributed by atoms with Crippen LogP contribution in [0, 0.1) is 0 Å². The van der Waals surface area contributed by atoms with Crippen molar-refractivity contribution >= 4 is 23.9 Å². The molecule has 0 radical (unpaired) electrons. The van der Waals surface area contributed by atoms with Crippen LogP contribution in [0.4, 0.5) is 9.59 Å². The van der Waals surface area contributed by atoms with Crippen molar-refractivity contribution in [3.05, 3.63) is 0 Å². The Hall–Kier alpha value is -2.32. The standard InChI is InChI=1S/C8H14N4O5/c9-7(16)10-3-4-11-8(17)12-5(13)1-2-6(14)15/h1-4H2,(H,14,15)(H3,9,10,16)(H2,11,12,13,17). The molecule has 0 saturated heterocycles. The number of urea groups is 2. The van der Waals surface area contributed by atoms with Gasteiger partial charge >= 0.3 is 18.0 Å². The zero-order valence-electron chi connectivity index (χ0n) is 8.99. The Morgan fingerprint density at radius 3 is 2.12 bits per heavy atom. The molecule has 0 aromatic heterocycles. The Balaban J connectivity index is 3.60. The number of carboxylic acid groups (broad SMARTS) is 1. The number of rotatable bonds is 6. The summed E-state index contributed by atoms with van der Waals surface area (Å²) < 4.78 is 0. The number of carbonyl (C=O) groups excluding carboxylic acids is 3. The molecule has 0 bridgehead atoms. The molecule has 9 nitrogen and oxygen atoms in total. The van der Waals surface area contributed by atoms with E-state index < -0.39 is 23.9 Å². The monoisotopic (exact) mass is 246 g/mol. The van der Waals surface area contributed by atoms with Crippen LogP contribution in [-0.2, 0) is 9.59 Å². The lowest BCUT2D eigenvalue weighted by Gasteiger charge is -2.06. The third kappa shape index (κ3) is 9.97. The van der Waals surface area contributed by atoms with Crippen LogP contribution >= 0.6 is 0 Å². The van der Waals surface area contributed by atoms with Crippen molar-refractivity contribution in [3.63, 3.8) is 0 Å². The summed E-state index contributed by atoms with van der Waals surface area (Å²) in [4.78, 5) is 42.4. The third-order valence-electron chi connectivity index (χ3n) is 1.53. The molecule has 0 aliphatic rings. The Labute approximate surface area is 96.7 Å². The predicted octanol–water partition coefficient (Wildman–Crippen LogP) is -1.65. The molecule has 5 amide bonds. The van der Waals surface area contributed by atoms with Crippen LogP contribution in [0.25, 0.3) is 0 Å². The van der Waals surface area contributed by atoms with Gasteiger partial charge in [0.15, 0.2) is 0 Å². The largest absolute Gasteiger partial charge is 0.481 e. The minimum absolute atomic E-state index is 0.0982. The van der Waals surface area contributed by atoms with Crippen molar-refractivity contribution in [2.24, 2.45) is 5.73 Å². The van der Waals surface area contributed by atoms with Gasteiger partial charge in [-0.3, -0.25) is 14.9 Å². The SMILES string of the molecule is NC(=O)NCCNC(=O)NC(=O)CCC(=O)O. The van der Waals surface area contributed by atoms with Crippen LogP contribution in [0.2, 0.25) is 0 Å². The predicted molar refractivity (Wildman–Crippen MR) is 56.0 cm³/mol. The normalized spacial score (nSPS) is 9.18. The fourth-order valence-corrected chi connectivity index (χ4v) is 0.816. The first-order valence-electron chi connectivity index (χ1n) is 4.74.